The molecule has 0 aromatic heterocycles. The molecule has 0 bridgehead atoms. The number of anilines is 2. The van der Waals surface area contributed by atoms with Crippen LogP contribution in [0.15, 0.2) is 23.1 Å². The number of nitrogens with two attached hydrogens (primary N) is 2. The molecule has 0 saturated heterocycles. The van der Waals surface area contributed by atoms with Crippen molar-refractivity contribution in [3.05, 3.63) is 18.2 Å². The largest absolute Gasteiger partial charge is 0.399 e. The first kappa shape index (κ1) is 9.15. The van der Waals surface area contributed by atoms with Crippen molar-refractivity contribution >= 4 is 31.1 Å². The molecule has 0 aliphatic heterocycles. The van der Waals surface area contributed by atoms with Crippen LogP contribution in [0.4, 0.5) is 11.4 Å². The van der Waals surface area contributed by atoms with Gasteiger partial charge in [0.2, 0.25) is 0 Å². The van der Waals surface area contributed by atoms with E-state index in [4.69, 9.17) is 22.1 Å². The van der Waals surface area contributed by atoms with E-state index in [1.54, 1.807) is 0 Å². The van der Waals surface area contributed by atoms with E-state index in [0.717, 1.165) is 0 Å². The minimum atomic E-state index is -3.76. The lowest BCUT2D eigenvalue weighted by molar-refractivity contribution is 0.610. The molecule has 66 valence electrons. The van der Waals surface area contributed by atoms with Crippen LogP contribution in [-0.4, -0.2) is 8.42 Å². The zero-order valence-corrected chi connectivity index (χ0v) is 7.56. The third kappa shape index (κ3) is 1.80. The zero-order chi connectivity index (χ0) is 9.35. The normalized spacial score (nSPS) is 11.4. The predicted molar refractivity (Wildman–Crippen MR) is 48.3 cm³/mol. The summed E-state index contributed by atoms with van der Waals surface area (Å²) in [5, 5.41) is 0. The first-order chi connectivity index (χ1) is 5.41. The van der Waals surface area contributed by atoms with Crippen molar-refractivity contribution in [2.45, 2.75) is 4.90 Å². The van der Waals surface area contributed by atoms with Crippen molar-refractivity contribution in [1.82, 2.24) is 0 Å². The van der Waals surface area contributed by atoms with E-state index < -0.39 is 9.05 Å². The number of halogens is 1. The molecule has 4 N–H and O–H groups in total. The average Bonchev–Trinajstić information content (AvgIpc) is 1.83. The van der Waals surface area contributed by atoms with Crippen molar-refractivity contribution in [2.24, 2.45) is 0 Å². The van der Waals surface area contributed by atoms with Gasteiger partial charge in [-0.15, -0.1) is 0 Å². The molecule has 4 nitrogen and oxygen atoms in total. The number of nitrogen functional groups attached to an aromatic ring is 2. The van der Waals surface area contributed by atoms with E-state index in [1.165, 1.54) is 18.2 Å². The fourth-order valence-corrected chi connectivity index (χ4v) is 1.78. The maximum absolute atomic E-state index is 10.8. The molecule has 0 atom stereocenters. The summed E-state index contributed by atoms with van der Waals surface area (Å²) in [4.78, 5) is -0.113. The summed E-state index contributed by atoms with van der Waals surface area (Å²) in [7, 11) is 1.31. The Morgan fingerprint density at radius 3 is 2.25 bits per heavy atom. The molecular weight excluding hydrogens is 200 g/mol. The Kier molecular flexibility index (Phi) is 2.16. The monoisotopic (exact) mass is 206 g/mol. The molecule has 0 saturated carbocycles. The van der Waals surface area contributed by atoms with Crippen molar-refractivity contribution in [3.8, 4) is 0 Å². The topological polar surface area (TPSA) is 86.2 Å². The van der Waals surface area contributed by atoms with E-state index in [9.17, 15) is 8.42 Å². The minimum absolute atomic E-state index is 0.0602. The van der Waals surface area contributed by atoms with Crippen molar-refractivity contribution in [2.75, 3.05) is 11.5 Å². The van der Waals surface area contributed by atoms with Gasteiger partial charge in [-0.1, -0.05) is 0 Å². The van der Waals surface area contributed by atoms with Gasteiger partial charge in [-0.3, -0.25) is 0 Å². The van der Waals surface area contributed by atoms with Crippen LogP contribution in [0.1, 0.15) is 0 Å². The summed E-state index contributed by atoms with van der Waals surface area (Å²) in [6.45, 7) is 0. The molecule has 0 radical (unpaired) electrons. The Morgan fingerprint density at radius 1 is 1.25 bits per heavy atom. The van der Waals surface area contributed by atoms with Crippen LogP contribution in [0.3, 0.4) is 0 Å². The number of rotatable bonds is 1. The summed E-state index contributed by atoms with van der Waals surface area (Å²) >= 11 is 0. The molecule has 12 heavy (non-hydrogen) atoms. The Balaban J connectivity index is 3.39. The SMILES string of the molecule is Nc1ccc(S(=O)(=O)Cl)c(N)c1. The molecule has 0 amide bonds. The molecular formula is C6H7ClN2O2S. The summed E-state index contributed by atoms with van der Waals surface area (Å²) < 4.78 is 21.6. The molecule has 1 rings (SSSR count). The summed E-state index contributed by atoms with van der Waals surface area (Å²) in [6, 6.07) is 4.04. The van der Waals surface area contributed by atoms with Crippen LogP contribution >= 0.6 is 10.7 Å². The smallest absolute Gasteiger partial charge is 0.263 e. The van der Waals surface area contributed by atoms with Gasteiger partial charge in [0.1, 0.15) is 4.90 Å². The highest BCUT2D eigenvalue weighted by molar-refractivity contribution is 8.13. The lowest BCUT2D eigenvalue weighted by Crippen LogP contribution is -1.99. The Morgan fingerprint density at radius 2 is 1.83 bits per heavy atom. The van der Waals surface area contributed by atoms with E-state index in [2.05, 4.69) is 0 Å². The van der Waals surface area contributed by atoms with Crippen LogP contribution in [0, 0.1) is 0 Å². The maximum atomic E-state index is 10.8. The Labute approximate surface area is 74.5 Å². The van der Waals surface area contributed by atoms with Gasteiger partial charge in [0.05, 0.1) is 5.69 Å². The Bertz CT molecular complexity index is 402. The van der Waals surface area contributed by atoms with Gasteiger partial charge in [-0.2, -0.15) is 0 Å². The molecule has 0 aliphatic carbocycles. The van der Waals surface area contributed by atoms with Gasteiger partial charge in [-0.25, -0.2) is 8.42 Å². The quantitative estimate of drug-likeness (QED) is 0.525. The van der Waals surface area contributed by atoms with Gasteiger partial charge in [0.15, 0.2) is 0 Å². The lowest BCUT2D eigenvalue weighted by Gasteiger charge is -2.01. The van der Waals surface area contributed by atoms with Crippen LogP contribution in [0.25, 0.3) is 0 Å². The fraction of sp³-hybridized carbons (Fsp3) is 0. The highest BCUT2D eigenvalue weighted by Crippen LogP contribution is 2.23. The van der Waals surface area contributed by atoms with Crippen molar-refractivity contribution < 1.29 is 8.42 Å². The average molecular weight is 207 g/mol. The van der Waals surface area contributed by atoms with Gasteiger partial charge in [-0.05, 0) is 18.2 Å². The van der Waals surface area contributed by atoms with Gasteiger partial charge in [0, 0.05) is 16.4 Å². The third-order valence-electron chi connectivity index (χ3n) is 1.30. The van der Waals surface area contributed by atoms with Crippen LogP contribution < -0.4 is 11.5 Å². The zero-order valence-electron chi connectivity index (χ0n) is 5.99. The Hall–Kier alpha value is -0.940. The molecule has 0 heterocycles. The fourth-order valence-electron chi connectivity index (χ4n) is 0.789. The molecule has 1 aromatic carbocycles. The second kappa shape index (κ2) is 2.84. The molecule has 0 aliphatic rings. The van der Waals surface area contributed by atoms with Gasteiger partial charge in [0.25, 0.3) is 9.05 Å². The molecule has 0 unspecified atom stereocenters. The van der Waals surface area contributed by atoms with E-state index in [1.807, 2.05) is 0 Å². The van der Waals surface area contributed by atoms with Crippen molar-refractivity contribution in [3.63, 3.8) is 0 Å². The number of hydrogen-bond acceptors (Lipinski definition) is 4. The molecule has 0 spiro atoms. The first-order valence-corrected chi connectivity index (χ1v) is 5.32. The second-order valence-corrected chi connectivity index (χ2v) is 4.77. The van der Waals surface area contributed by atoms with Crippen LogP contribution in [0.5, 0.6) is 0 Å². The highest BCUT2D eigenvalue weighted by Gasteiger charge is 2.13. The van der Waals surface area contributed by atoms with E-state index >= 15 is 0 Å². The molecule has 0 fully saturated rings. The van der Waals surface area contributed by atoms with Crippen molar-refractivity contribution in [1.29, 1.82) is 0 Å². The summed E-state index contributed by atoms with van der Waals surface area (Å²) in [6.07, 6.45) is 0. The standard InChI is InChI=1S/C6H7ClN2O2S/c7-12(10,11)6-2-1-4(8)3-5(6)9/h1-3H,8-9H2. The summed E-state index contributed by atoms with van der Waals surface area (Å²) in [5.41, 5.74) is 11.2. The molecule has 6 heteroatoms. The van der Waals surface area contributed by atoms with Crippen LogP contribution in [0.2, 0.25) is 0 Å². The maximum Gasteiger partial charge on any atom is 0.263 e. The lowest BCUT2D eigenvalue weighted by atomic mass is 10.3. The molecule has 1 aromatic rings. The first-order valence-electron chi connectivity index (χ1n) is 3.01. The summed E-state index contributed by atoms with van der Waals surface area (Å²) in [5.74, 6) is 0. The second-order valence-electron chi connectivity index (χ2n) is 2.24. The number of benzene rings is 1. The van der Waals surface area contributed by atoms with Gasteiger partial charge >= 0.3 is 0 Å². The highest BCUT2D eigenvalue weighted by atomic mass is 35.7. The predicted octanol–water partition coefficient (Wildman–Crippen LogP) is 0.779. The van der Waals surface area contributed by atoms with E-state index in [-0.39, 0.29) is 10.6 Å². The number of hydrogen-bond donors (Lipinski definition) is 2. The third-order valence-corrected chi connectivity index (χ3v) is 2.69. The minimum Gasteiger partial charge on any atom is -0.399 e. The van der Waals surface area contributed by atoms with Gasteiger partial charge < -0.3 is 11.5 Å². The van der Waals surface area contributed by atoms with Crippen LogP contribution in [-0.2, 0) is 9.05 Å². The van der Waals surface area contributed by atoms with E-state index in [0.29, 0.717) is 5.69 Å².